The Hall–Kier alpha value is -1.72. The molecular formula is C42H52O6P2. The van der Waals surface area contributed by atoms with Crippen LogP contribution in [0.5, 0.6) is 0 Å². The van der Waals surface area contributed by atoms with Crippen molar-refractivity contribution in [2.75, 3.05) is 0 Å². The van der Waals surface area contributed by atoms with Gasteiger partial charge in [-0.05, 0) is 101 Å². The van der Waals surface area contributed by atoms with Gasteiger partial charge >= 0.3 is 0 Å². The second-order valence-corrected chi connectivity index (χ2v) is 19.4. The van der Waals surface area contributed by atoms with E-state index in [0.29, 0.717) is 12.8 Å². The van der Waals surface area contributed by atoms with Gasteiger partial charge in [0.15, 0.2) is 23.1 Å². The standard InChI is InChI=1S/C42H52O6P2/c1-25-37(7)41(49,33(3)23-35(5,45-37)47-39(25,9)43-33)31-21-29(27-17-13-11-14-18-27)30(28-19-15-12-16-20-28)22-32(31)42(50)34(4)24-36(6)46-38(42,8)26(2)40(10,44-34)48-36/h11-22,25-26H,23-24,49-50H2,1-10H3. The predicted octanol–water partition coefficient (Wildman–Crippen LogP) is 9.29. The van der Waals surface area contributed by atoms with E-state index in [1.54, 1.807) is 0 Å². The summed E-state index contributed by atoms with van der Waals surface area (Å²) >= 11 is 0. The fraction of sp³-hybridized carbons (Fsp3) is 0.571. The highest BCUT2D eigenvalue weighted by atomic mass is 31.0. The van der Waals surface area contributed by atoms with Crippen molar-refractivity contribution in [3.05, 3.63) is 83.9 Å². The van der Waals surface area contributed by atoms with Crippen LogP contribution in [0.2, 0.25) is 0 Å². The maximum Gasteiger partial charge on any atom is 0.175 e. The summed E-state index contributed by atoms with van der Waals surface area (Å²) in [5.41, 5.74) is 4.22. The summed E-state index contributed by atoms with van der Waals surface area (Å²) in [5, 5.41) is -1.43. The zero-order chi connectivity index (χ0) is 35.8. The van der Waals surface area contributed by atoms with E-state index in [1.165, 1.54) is 0 Å². The Morgan fingerprint density at radius 1 is 0.500 bits per heavy atom. The maximum absolute atomic E-state index is 7.26. The van der Waals surface area contributed by atoms with Gasteiger partial charge in [0.1, 0.15) is 0 Å². The minimum absolute atomic E-state index is 0.0986. The van der Waals surface area contributed by atoms with Crippen molar-refractivity contribution in [1.82, 2.24) is 0 Å². The average molecular weight is 715 g/mol. The third-order valence-electron chi connectivity index (χ3n) is 14.5. The van der Waals surface area contributed by atoms with Crippen LogP contribution < -0.4 is 0 Å². The molecule has 266 valence electrons. The fourth-order valence-corrected chi connectivity index (χ4v) is 13.5. The molecule has 8 aliphatic heterocycles. The molecule has 50 heavy (non-hydrogen) atoms. The zero-order valence-electron chi connectivity index (χ0n) is 31.1. The Bertz CT molecular complexity index is 1810. The largest absolute Gasteiger partial charge is 0.342 e. The summed E-state index contributed by atoms with van der Waals surface area (Å²) in [7, 11) is 6.72. The van der Waals surface area contributed by atoms with Gasteiger partial charge < -0.3 is 28.4 Å². The SMILES string of the molecule is CC1C2(C)OC3(C)CC(C)(O2)C(P)(c2cc(-c4ccccc4)c(-c4ccccc4)cc2C2(P)C4(C)CC5(C)OC(C)(O4)C(C)C2(C)O5)C1(C)O3. The van der Waals surface area contributed by atoms with Crippen molar-refractivity contribution < 1.29 is 28.4 Å². The van der Waals surface area contributed by atoms with E-state index >= 15 is 0 Å². The number of benzene rings is 3. The topological polar surface area (TPSA) is 55.4 Å². The molecular weight excluding hydrogens is 662 g/mol. The molecule has 0 amide bonds. The molecule has 3 aromatic carbocycles. The van der Waals surface area contributed by atoms with Crippen LogP contribution in [-0.2, 0) is 38.7 Å². The molecule has 8 heterocycles. The van der Waals surface area contributed by atoms with Crippen molar-refractivity contribution in [2.24, 2.45) is 11.8 Å². The van der Waals surface area contributed by atoms with Gasteiger partial charge in [-0.3, -0.25) is 0 Å². The molecule has 0 spiro atoms. The second-order valence-electron chi connectivity index (χ2n) is 17.7. The van der Waals surface area contributed by atoms with E-state index in [2.05, 4.69) is 161 Å². The summed E-state index contributed by atoms with van der Waals surface area (Å²) in [6.07, 6.45) is 1.15. The second kappa shape index (κ2) is 9.68. The lowest BCUT2D eigenvalue weighted by molar-refractivity contribution is -0.545. The van der Waals surface area contributed by atoms with Gasteiger partial charge in [0.05, 0.1) is 32.7 Å². The molecule has 0 aromatic heterocycles. The van der Waals surface area contributed by atoms with Crippen LogP contribution in [0.15, 0.2) is 72.8 Å². The van der Waals surface area contributed by atoms with Crippen LogP contribution in [0.3, 0.4) is 0 Å². The van der Waals surface area contributed by atoms with Crippen LogP contribution >= 0.6 is 18.5 Å². The number of ether oxygens (including phenoxy) is 6. The molecule has 14 unspecified atom stereocenters. The van der Waals surface area contributed by atoms with E-state index in [1.807, 2.05) is 0 Å². The van der Waals surface area contributed by atoms with Crippen LogP contribution in [0.1, 0.15) is 93.2 Å². The molecule has 8 heteroatoms. The quantitative estimate of drug-likeness (QED) is 0.251. The first-order valence-electron chi connectivity index (χ1n) is 18.2. The van der Waals surface area contributed by atoms with E-state index in [0.717, 1.165) is 33.4 Å². The van der Waals surface area contributed by atoms with Gasteiger partial charge in [0, 0.05) is 24.7 Å². The van der Waals surface area contributed by atoms with Gasteiger partial charge in [-0.1, -0.05) is 74.5 Å². The normalized spacial score (nSPS) is 51.4. The maximum atomic E-state index is 7.26. The van der Waals surface area contributed by atoms with E-state index < -0.39 is 55.9 Å². The smallest absolute Gasteiger partial charge is 0.175 e. The molecule has 0 saturated carbocycles. The lowest BCUT2D eigenvalue weighted by Gasteiger charge is -2.78. The first-order chi connectivity index (χ1) is 23.1. The molecule has 0 N–H and O–H groups in total. The molecule has 8 fully saturated rings. The Labute approximate surface area is 302 Å². The third-order valence-corrected chi connectivity index (χ3v) is 17.5. The molecule has 8 bridgehead atoms. The van der Waals surface area contributed by atoms with Crippen molar-refractivity contribution in [3.63, 3.8) is 0 Å². The lowest BCUT2D eigenvalue weighted by atomic mass is 9.52. The van der Waals surface area contributed by atoms with E-state index in [9.17, 15) is 0 Å². The molecule has 6 nitrogen and oxygen atoms in total. The number of hydrogen-bond acceptors (Lipinski definition) is 6. The summed E-state index contributed by atoms with van der Waals surface area (Å²) < 4.78 is 42.3. The first-order valence-corrected chi connectivity index (χ1v) is 19.4. The molecule has 8 saturated heterocycles. The van der Waals surface area contributed by atoms with Gasteiger partial charge in [0.2, 0.25) is 0 Å². The molecule has 3 aromatic rings. The van der Waals surface area contributed by atoms with Gasteiger partial charge in [0.25, 0.3) is 0 Å². The highest BCUT2D eigenvalue weighted by Gasteiger charge is 2.83. The number of hydrogen-bond donors (Lipinski definition) is 0. The van der Waals surface area contributed by atoms with Crippen molar-refractivity contribution >= 4 is 18.5 Å². The number of rotatable bonds is 4. The summed E-state index contributed by atoms with van der Waals surface area (Å²) in [6.45, 7) is 21.9. The highest BCUT2D eigenvalue weighted by Crippen LogP contribution is 2.76. The molecule has 11 rings (SSSR count). The fourth-order valence-electron chi connectivity index (χ4n) is 12.1. The predicted molar refractivity (Wildman–Crippen MR) is 201 cm³/mol. The Morgan fingerprint density at radius 3 is 1.18 bits per heavy atom. The van der Waals surface area contributed by atoms with Crippen LogP contribution in [0.4, 0.5) is 0 Å². The Balaban J connectivity index is 1.42. The first kappa shape index (κ1) is 34.1. The summed E-state index contributed by atoms with van der Waals surface area (Å²) in [5.74, 6) is -3.37. The Morgan fingerprint density at radius 2 is 0.840 bits per heavy atom. The molecule has 14 atom stereocenters. The molecule has 0 radical (unpaired) electrons. The van der Waals surface area contributed by atoms with E-state index in [-0.39, 0.29) is 11.8 Å². The third kappa shape index (κ3) is 3.79. The Kier molecular flexibility index (Phi) is 6.60. The minimum Gasteiger partial charge on any atom is -0.342 e. The average Bonchev–Trinajstić information content (AvgIpc) is 3.03. The monoisotopic (exact) mass is 714 g/mol. The van der Waals surface area contributed by atoms with Crippen molar-refractivity contribution in [1.29, 1.82) is 0 Å². The van der Waals surface area contributed by atoms with Crippen LogP contribution in [0, 0.1) is 11.8 Å². The van der Waals surface area contributed by atoms with E-state index in [4.69, 9.17) is 28.4 Å². The van der Waals surface area contributed by atoms with Crippen molar-refractivity contribution in [2.45, 2.75) is 138 Å². The zero-order valence-corrected chi connectivity index (χ0v) is 33.4. The summed E-state index contributed by atoms with van der Waals surface area (Å²) in [4.78, 5) is 0. The van der Waals surface area contributed by atoms with Crippen LogP contribution in [0.25, 0.3) is 22.3 Å². The minimum atomic E-state index is -0.804. The van der Waals surface area contributed by atoms with Gasteiger partial charge in [-0.2, -0.15) is 0 Å². The highest BCUT2D eigenvalue weighted by molar-refractivity contribution is 7.19. The summed E-state index contributed by atoms with van der Waals surface area (Å²) in [6, 6.07) is 26.4. The van der Waals surface area contributed by atoms with Crippen molar-refractivity contribution in [3.8, 4) is 22.3 Å². The van der Waals surface area contributed by atoms with Gasteiger partial charge in [-0.25, -0.2) is 0 Å². The molecule has 8 aliphatic rings. The lowest BCUT2D eigenvalue weighted by Crippen LogP contribution is -2.86. The molecule has 0 aliphatic carbocycles. The van der Waals surface area contributed by atoms with Crippen LogP contribution in [-0.4, -0.2) is 45.6 Å². The van der Waals surface area contributed by atoms with Gasteiger partial charge in [-0.15, -0.1) is 18.5 Å².